The van der Waals surface area contributed by atoms with Gasteiger partial charge in [-0.15, -0.1) is 0 Å². The van der Waals surface area contributed by atoms with Crippen molar-refractivity contribution < 1.29 is 36.2 Å². The molecule has 28 heavy (non-hydrogen) atoms. The molecule has 0 aliphatic carbocycles. The van der Waals surface area contributed by atoms with Crippen LogP contribution < -0.4 is 20.9 Å². The first-order valence-corrected chi connectivity index (χ1v) is 11.5. The summed E-state index contributed by atoms with van der Waals surface area (Å²) in [5.41, 5.74) is 7.13. The van der Waals surface area contributed by atoms with Crippen molar-refractivity contribution in [3.63, 3.8) is 0 Å². The van der Waals surface area contributed by atoms with Crippen LogP contribution in [0, 0.1) is 0 Å². The summed E-state index contributed by atoms with van der Waals surface area (Å²) >= 11 is -4.55. The van der Waals surface area contributed by atoms with Crippen LogP contribution in [0.15, 0.2) is 30.3 Å². The summed E-state index contributed by atoms with van der Waals surface area (Å²) in [6.07, 6.45) is 1.93. The van der Waals surface area contributed by atoms with E-state index in [4.69, 9.17) is 16.1 Å². The maximum atomic E-state index is 11.8. The zero-order chi connectivity index (χ0) is 21.6. The fourth-order valence-corrected chi connectivity index (χ4v) is 3.99. The maximum absolute atomic E-state index is 11.8. The van der Waals surface area contributed by atoms with E-state index in [-0.39, 0.29) is 10.3 Å². The van der Waals surface area contributed by atoms with Gasteiger partial charge in [0.2, 0.25) is 5.91 Å². The average molecular weight is 463 g/mol. The molecule has 12 heteroatoms. The quantitative estimate of drug-likeness (QED) is 0.133. The molecule has 0 aliphatic rings. The molecule has 0 saturated carbocycles. The summed E-state index contributed by atoms with van der Waals surface area (Å²) in [5, 5.41) is 19.6. The van der Waals surface area contributed by atoms with E-state index < -0.39 is 32.1 Å². The van der Waals surface area contributed by atoms with Crippen molar-refractivity contribution in [2.24, 2.45) is 5.73 Å². The zero-order valence-corrected chi connectivity index (χ0v) is 17.5. The third kappa shape index (κ3) is 10.9. The standard InChI is InChI=1S/C8H10AsNO5.C8H16N2O3/c1-7(11)10-14-9(12,15-13)8-5-3-2-4-6-8;1-6(11)10-7(8(12)13)4-2-3-5-9/h2-6,13H,1H3,(H,10,11);7H,2-5,9H2,1H3,(H,10,11)(H,12,13). The molecule has 0 radical (unpaired) electrons. The Balaban J connectivity index is 0.000000528. The summed E-state index contributed by atoms with van der Waals surface area (Å²) in [6, 6.07) is 7.10. The van der Waals surface area contributed by atoms with Crippen LogP contribution in [-0.2, 0) is 25.8 Å². The molecule has 0 aromatic heterocycles. The molecular formula is C16H26AsN3O8. The fraction of sp³-hybridized carbons (Fsp3) is 0.438. The number of carboxylic acids is 1. The number of carbonyl (C=O) groups is 3. The van der Waals surface area contributed by atoms with Crippen LogP contribution in [0.1, 0.15) is 33.1 Å². The summed E-state index contributed by atoms with van der Waals surface area (Å²) in [4.78, 5) is 31.7. The monoisotopic (exact) mass is 463 g/mol. The van der Waals surface area contributed by atoms with Crippen LogP contribution in [0.2, 0.25) is 0 Å². The van der Waals surface area contributed by atoms with Crippen molar-refractivity contribution >= 4 is 36.3 Å². The van der Waals surface area contributed by atoms with Gasteiger partial charge in [0.15, 0.2) is 0 Å². The summed E-state index contributed by atoms with van der Waals surface area (Å²) in [5.74, 6) is -1.85. The molecule has 0 bridgehead atoms. The topological polar surface area (TPSA) is 177 Å². The SMILES string of the molecule is CC(=O)NC(CCCCN)C(=O)O.CC(=O)NO[As](=O)(OO)c1ccccc1. The van der Waals surface area contributed by atoms with Gasteiger partial charge in [-0.2, -0.15) is 0 Å². The molecule has 0 heterocycles. The second-order valence-electron chi connectivity index (χ2n) is 5.54. The Morgan fingerprint density at radius 3 is 2.18 bits per heavy atom. The zero-order valence-electron chi connectivity index (χ0n) is 15.7. The van der Waals surface area contributed by atoms with Gasteiger partial charge in [-0.25, -0.2) is 4.79 Å². The number of amides is 2. The molecule has 6 N–H and O–H groups in total. The molecule has 158 valence electrons. The molecule has 11 nitrogen and oxygen atoms in total. The van der Waals surface area contributed by atoms with E-state index in [0.29, 0.717) is 19.4 Å². The van der Waals surface area contributed by atoms with Gasteiger partial charge in [-0.3, -0.25) is 4.79 Å². The third-order valence-electron chi connectivity index (χ3n) is 3.11. The predicted molar refractivity (Wildman–Crippen MR) is 99.3 cm³/mol. The minimum absolute atomic E-state index is 0.201. The number of nitrogens with two attached hydrogens (primary N) is 1. The Bertz CT molecular complexity index is 671. The third-order valence-corrected chi connectivity index (χ3v) is 6.21. The Hall–Kier alpha value is -2.17. The summed E-state index contributed by atoms with van der Waals surface area (Å²) in [7, 11) is 0. The predicted octanol–water partition coefficient (Wildman–Crippen LogP) is -0.475. The van der Waals surface area contributed by atoms with Gasteiger partial charge in [0.1, 0.15) is 6.04 Å². The van der Waals surface area contributed by atoms with E-state index in [1.165, 1.54) is 26.0 Å². The van der Waals surface area contributed by atoms with Crippen molar-refractivity contribution in [1.29, 1.82) is 0 Å². The Morgan fingerprint density at radius 2 is 1.75 bits per heavy atom. The number of hydroxylamine groups is 1. The van der Waals surface area contributed by atoms with Crippen LogP contribution in [0.25, 0.3) is 0 Å². The molecule has 1 aromatic carbocycles. The Labute approximate surface area is 165 Å². The van der Waals surface area contributed by atoms with Crippen molar-refractivity contribution in [2.45, 2.75) is 39.2 Å². The number of hydrogen-bond acceptors (Lipinski definition) is 8. The number of aliphatic carboxylic acids is 1. The number of nitrogens with one attached hydrogen (secondary N) is 2. The molecule has 0 saturated heterocycles. The number of rotatable bonds is 10. The van der Waals surface area contributed by atoms with Crippen LogP contribution in [0.3, 0.4) is 0 Å². The van der Waals surface area contributed by atoms with E-state index in [2.05, 4.69) is 13.0 Å². The normalized spacial score (nSPS) is 13.3. The first-order valence-electron chi connectivity index (χ1n) is 8.30. The van der Waals surface area contributed by atoms with Crippen LogP contribution in [-0.4, -0.2) is 54.9 Å². The summed E-state index contributed by atoms with van der Waals surface area (Å²) in [6.45, 7) is 3.04. The number of unbranched alkanes of at least 4 members (excludes halogenated alkanes) is 1. The number of benzene rings is 1. The Morgan fingerprint density at radius 1 is 1.14 bits per heavy atom. The minimum atomic E-state index is -4.55. The van der Waals surface area contributed by atoms with Crippen LogP contribution >= 0.6 is 0 Å². The number of carboxylic acid groups (broad SMARTS) is 1. The number of hydrogen-bond donors (Lipinski definition) is 5. The van der Waals surface area contributed by atoms with E-state index in [1.54, 1.807) is 18.2 Å². The molecule has 0 aliphatic heterocycles. The van der Waals surface area contributed by atoms with E-state index >= 15 is 0 Å². The molecule has 0 spiro atoms. The first-order chi connectivity index (χ1) is 13.2. The van der Waals surface area contributed by atoms with Crippen LogP contribution in [0.4, 0.5) is 0 Å². The first kappa shape index (κ1) is 25.8. The molecule has 2 unspecified atom stereocenters. The molecule has 1 rings (SSSR count). The molecular weight excluding hydrogens is 437 g/mol. The average Bonchev–Trinajstić information content (AvgIpc) is 2.66. The van der Waals surface area contributed by atoms with Gasteiger partial charge in [0, 0.05) is 6.92 Å². The summed E-state index contributed by atoms with van der Waals surface area (Å²) < 4.78 is 20.5. The van der Waals surface area contributed by atoms with Crippen molar-refractivity contribution in [3.8, 4) is 0 Å². The van der Waals surface area contributed by atoms with Gasteiger partial charge < -0.3 is 16.2 Å². The van der Waals surface area contributed by atoms with Crippen LogP contribution in [0.5, 0.6) is 0 Å². The van der Waals surface area contributed by atoms with Gasteiger partial charge in [0.25, 0.3) is 0 Å². The molecule has 0 fully saturated rings. The van der Waals surface area contributed by atoms with Gasteiger partial charge in [0.05, 0.1) is 0 Å². The molecule has 2 amide bonds. The second-order valence-corrected chi connectivity index (χ2v) is 9.44. The second kappa shape index (κ2) is 13.9. The fourth-order valence-electron chi connectivity index (χ4n) is 1.85. The molecule has 1 aromatic rings. The number of carbonyl (C=O) groups excluding carboxylic acids is 2. The van der Waals surface area contributed by atoms with Crippen molar-refractivity contribution in [2.75, 3.05) is 6.54 Å². The van der Waals surface area contributed by atoms with E-state index in [1.807, 2.05) is 5.48 Å². The van der Waals surface area contributed by atoms with Gasteiger partial charge >= 0.3 is 94.6 Å². The van der Waals surface area contributed by atoms with Crippen molar-refractivity contribution in [3.05, 3.63) is 30.3 Å². The van der Waals surface area contributed by atoms with Crippen molar-refractivity contribution in [1.82, 2.24) is 10.8 Å². The van der Waals surface area contributed by atoms with Gasteiger partial charge in [-0.1, -0.05) is 0 Å². The Kier molecular flexibility index (Phi) is 12.8. The van der Waals surface area contributed by atoms with Gasteiger partial charge in [-0.05, 0) is 25.8 Å². The van der Waals surface area contributed by atoms with E-state index in [9.17, 15) is 18.1 Å². The molecule has 2 atom stereocenters. The van der Waals surface area contributed by atoms with E-state index in [0.717, 1.165) is 6.42 Å².